The van der Waals surface area contributed by atoms with Crippen LogP contribution in [-0.4, -0.2) is 42.9 Å². The van der Waals surface area contributed by atoms with Crippen LogP contribution in [-0.2, 0) is 0 Å². The summed E-state index contributed by atoms with van der Waals surface area (Å²) in [5, 5.41) is 4.75. The molecule has 4 rings (SSSR count). The van der Waals surface area contributed by atoms with E-state index in [9.17, 15) is 0 Å². The van der Waals surface area contributed by atoms with Crippen molar-refractivity contribution in [3.63, 3.8) is 0 Å². The topological polar surface area (TPSA) is 46.6 Å². The summed E-state index contributed by atoms with van der Waals surface area (Å²) in [5.74, 6) is 1.58. The number of benzene rings is 2. The molecule has 3 aromatic rings. The molecule has 2 heterocycles. The molecule has 2 aromatic carbocycles. The standard InChI is InChI=1S/C25H31N3O2/c1-3-28(4-2)16-7-5-6-15-26-22-10-8-9-19-11-13-21(27-25(19)22)20-12-14-23-24(17-20)30-18-29-23/h8-14,17,26H,3-7,15-16,18H2,1-2H3. The Morgan fingerprint density at radius 3 is 2.67 bits per heavy atom. The van der Waals surface area contributed by atoms with Gasteiger partial charge in [-0.2, -0.15) is 0 Å². The van der Waals surface area contributed by atoms with E-state index in [1.807, 2.05) is 18.2 Å². The third-order valence-electron chi connectivity index (χ3n) is 5.75. The SMILES string of the molecule is CCN(CC)CCCCCNc1cccc2ccc(-c3ccc4c(c3)OCO4)nc12. The predicted octanol–water partition coefficient (Wildman–Crippen LogP) is 5.55. The van der Waals surface area contributed by atoms with Crippen molar-refractivity contribution in [3.8, 4) is 22.8 Å². The van der Waals surface area contributed by atoms with Crippen molar-refractivity contribution in [2.45, 2.75) is 33.1 Å². The lowest BCUT2D eigenvalue weighted by Crippen LogP contribution is -2.23. The number of ether oxygens (including phenoxy) is 2. The zero-order valence-corrected chi connectivity index (χ0v) is 18.0. The van der Waals surface area contributed by atoms with Crippen molar-refractivity contribution in [1.29, 1.82) is 0 Å². The molecule has 0 aliphatic carbocycles. The van der Waals surface area contributed by atoms with Crippen LogP contribution in [0.2, 0.25) is 0 Å². The molecule has 1 aliphatic rings. The zero-order chi connectivity index (χ0) is 20.8. The van der Waals surface area contributed by atoms with Gasteiger partial charge in [-0.1, -0.05) is 38.5 Å². The predicted molar refractivity (Wildman–Crippen MR) is 123 cm³/mol. The molecule has 5 heteroatoms. The maximum Gasteiger partial charge on any atom is 0.231 e. The number of anilines is 1. The highest BCUT2D eigenvalue weighted by Crippen LogP contribution is 2.36. The molecule has 1 N–H and O–H groups in total. The quantitative estimate of drug-likeness (QED) is 0.448. The number of hydrogen-bond acceptors (Lipinski definition) is 5. The van der Waals surface area contributed by atoms with Crippen LogP contribution in [0.4, 0.5) is 5.69 Å². The summed E-state index contributed by atoms with van der Waals surface area (Å²) in [6.45, 7) is 9.19. The third-order valence-corrected chi connectivity index (χ3v) is 5.75. The normalized spacial score (nSPS) is 12.6. The number of nitrogens with one attached hydrogen (secondary N) is 1. The van der Waals surface area contributed by atoms with Crippen molar-refractivity contribution in [2.24, 2.45) is 0 Å². The van der Waals surface area contributed by atoms with E-state index in [0.29, 0.717) is 0 Å². The van der Waals surface area contributed by atoms with Crippen LogP contribution in [0.15, 0.2) is 48.5 Å². The Morgan fingerprint density at radius 1 is 0.933 bits per heavy atom. The molecule has 0 saturated carbocycles. The minimum atomic E-state index is 0.285. The van der Waals surface area contributed by atoms with Crippen molar-refractivity contribution in [1.82, 2.24) is 9.88 Å². The van der Waals surface area contributed by atoms with Crippen molar-refractivity contribution in [3.05, 3.63) is 48.5 Å². The number of rotatable bonds is 10. The first-order valence-corrected chi connectivity index (χ1v) is 11.0. The van der Waals surface area contributed by atoms with Crippen molar-refractivity contribution >= 4 is 16.6 Å². The van der Waals surface area contributed by atoms with E-state index in [-0.39, 0.29) is 6.79 Å². The van der Waals surface area contributed by atoms with E-state index in [2.05, 4.69) is 54.4 Å². The summed E-state index contributed by atoms with van der Waals surface area (Å²) in [4.78, 5) is 7.45. The van der Waals surface area contributed by atoms with E-state index >= 15 is 0 Å². The van der Waals surface area contributed by atoms with E-state index in [1.54, 1.807) is 0 Å². The highest BCUT2D eigenvalue weighted by molar-refractivity contribution is 5.92. The van der Waals surface area contributed by atoms with Crippen LogP contribution in [0.5, 0.6) is 11.5 Å². The minimum Gasteiger partial charge on any atom is -0.454 e. The largest absolute Gasteiger partial charge is 0.454 e. The molecule has 0 amide bonds. The lowest BCUT2D eigenvalue weighted by Gasteiger charge is -2.17. The second-order valence-electron chi connectivity index (χ2n) is 7.66. The summed E-state index contributed by atoms with van der Waals surface area (Å²) in [5.41, 5.74) is 4.08. The fourth-order valence-electron chi connectivity index (χ4n) is 3.91. The van der Waals surface area contributed by atoms with Crippen LogP contribution in [0, 0.1) is 0 Å². The van der Waals surface area contributed by atoms with Gasteiger partial charge < -0.3 is 19.7 Å². The number of unbranched alkanes of at least 4 members (excludes halogenated alkanes) is 2. The molecular formula is C25H31N3O2. The summed E-state index contributed by atoms with van der Waals surface area (Å²) in [7, 11) is 0. The monoisotopic (exact) mass is 405 g/mol. The molecule has 5 nitrogen and oxygen atoms in total. The number of aromatic nitrogens is 1. The number of hydrogen-bond donors (Lipinski definition) is 1. The lowest BCUT2D eigenvalue weighted by atomic mass is 10.1. The Morgan fingerprint density at radius 2 is 1.80 bits per heavy atom. The van der Waals surface area contributed by atoms with E-state index in [1.165, 1.54) is 25.8 Å². The molecule has 1 aliphatic heterocycles. The molecule has 1 aromatic heterocycles. The first kappa shape index (κ1) is 20.5. The number of fused-ring (bicyclic) bond motifs is 2. The van der Waals surface area contributed by atoms with E-state index in [4.69, 9.17) is 14.5 Å². The maximum absolute atomic E-state index is 5.52. The lowest BCUT2D eigenvalue weighted by molar-refractivity contribution is 0.174. The van der Waals surface area contributed by atoms with Gasteiger partial charge in [0.2, 0.25) is 6.79 Å². The van der Waals surface area contributed by atoms with Crippen molar-refractivity contribution < 1.29 is 9.47 Å². The van der Waals surface area contributed by atoms with Gasteiger partial charge in [0.1, 0.15) is 0 Å². The maximum atomic E-state index is 5.52. The average molecular weight is 406 g/mol. The van der Waals surface area contributed by atoms with Gasteiger partial charge >= 0.3 is 0 Å². The highest BCUT2D eigenvalue weighted by Gasteiger charge is 2.14. The Kier molecular flexibility index (Phi) is 6.70. The smallest absolute Gasteiger partial charge is 0.231 e. The summed E-state index contributed by atoms with van der Waals surface area (Å²) in [6.07, 6.45) is 3.66. The fraction of sp³-hybridized carbons (Fsp3) is 0.400. The van der Waals surface area contributed by atoms with Gasteiger partial charge in [0.05, 0.1) is 16.9 Å². The number of nitrogens with zero attached hydrogens (tertiary/aromatic N) is 2. The summed E-state index contributed by atoms with van der Waals surface area (Å²) >= 11 is 0. The minimum absolute atomic E-state index is 0.285. The molecule has 30 heavy (non-hydrogen) atoms. The average Bonchev–Trinajstić information content (AvgIpc) is 3.26. The summed E-state index contributed by atoms with van der Waals surface area (Å²) < 4.78 is 10.9. The highest BCUT2D eigenvalue weighted by atomic mass is 16.7. The molecule has 0 fully saturated rings. The first-order chi connectivity index (χ1) is 14.8. The Balaban J connectivity index is 1.42. The molecule has 0 spiro atoms. The molecule has 0 atom stereocenters. The molecule has 0 saturated heterocycles. The summed E-state index contributed by atoms with van der Waals surface area (Å²) in [6, 6.07) is 16.5. The van der Waals surface area contributed by atoms with Gasteiger partial charge in [-0.15, -0.1) is 0 Å². The van der Waals surface area contributed by atoms with Crippen LogP contribution in [0.25, 0.3) is 22.2 Å². The molecule has 0 radical (unpaired) electrons. The van der Waals surface area contributed by atoms with Crippen LogP contribution < -0.4 is 14.8 Å². The second kappa shape index (κ2) is 9.81. The van der Waals surface area contributed by atoms with Crippen LogP contribution in [0.3, 0.4) is 0 Å². The van der Waals surface area contributed by atoms with Gasteiger partial charge in [0, 0.05) is 17.5 Å². The van der Waals surface area contributed by atoms with Gasteiger partial charge in [-0.25, -0.2) is 4.98 Å². The Hall–Kier alpha value is -2.79. The Labute approximate surface area is 179 Å². The van der Waals surface area contributed by atoms with Gasteiger partial charge in [0.25, 0.3) is 0 Å². The number of para-hydroxylation sites is 1. The van der Waals surface area contributed by atoms with E-state index in [0.717, 1.165) is 59.0 Å². The zero-order valence-electron chi connectivity index (χ0n) is 18.0. The first-order valence-electron chi connectivity index (χ1n) is 11.0. The van der Waals surface area contributed by atoms with Crippen LogP contribution >= 0.6 is 0 Å². The molecule has 0 unspecified atom stereocenters. The van der Waals surface area contributed by atoms with Crippen LogP contribution in [0.1, 0.15) is 33.1 Å². The molecular weight excluding hydrogens is 374 g/mol. The van der Waals surface area contributed by atoms with E-state index < -0.39 is 0 Å². The van der Waals surface area contributed by atoms with Gasteiger partial charge in [-0.05, 0) is 62.8 Å². The van der Waals surface area contributed by atoms with Gasteiger partial charge in [0.15, 0.2) is 11.5 Å². The fourth-order valence-corrected chi connectivity index (χ4v) is 3.91. The Bertz CT molecular complexity index is 985. The molecule has 0 bridgehead atoms. The number of pyridine rings is 1. The van der Waals surface area contributed by atoms with Crippen molar-refractivity contribution in [2.75, 3.05) is 38.3 Å². The second-order valence-corrected chi connectivity index (χ2v) is 7.66. The van der Waals surface area contributed by atoms with Gasteiger partial charge in [-0.3, -0.25) is 0 Å². The third kappa shape index (κ3) is 4.68. The molecule has 158 valence electrons.